The third-order valence-electron chi connectivity index (χ3n) is 2.30. The van der Waals surface area contributed by atoms with E-state index in [9.17, 15) is 0 Å². The predicted octanol–water partition coefficient (Wildman–Crippen LogP) is 5.54. The fraction of sp³-hybridized carbons (Fsp3) is 0.0769. The average molecular weight is 360 g/mol. The molecule has 1 atom stereocenters. The Kier molecular flexibility index (Phi) is 4.06. The van der Waals surface area contributed by atoms with Crippen molar-refractivity contribution in [2.24, 2.45) is 0 Å². The maximum Gasteiger partial charge on any atom is 0.0835 e. The first-order valence-corrected chi connectivity index (χ1v) is 6.84. The van der Waals surface area contributed by atoms with Gasteiger partial charge in [-0.1, -0.05) is 56.1 Å². The minimum absolute atomic E-state index is 0.106. The van der Waals surface area contributed by atoms with Gasteiger partial charge in [-0.15, -0.1) is 11.6 Å². The lowest BCUT2D eigenvalue weighted by Crippen LogP contribution is -1.92. The first kappa shape index (κ1) is 12.2. The molecule has 0 amide bonds. The number of rotatable bonds is 2. The molecule has 0 nitrogen and oxygen atoms in total. The Morgan fingerprint density at radius 3 is 2.12 bits per heavy atom. The Balaban J connectivity index is 2.31. The van der Waals surface area contributed by atoms with Gasteiger partial charge in [0.1, 0.15) is 0 Å². The highest BCUT2D eigenvalue weighted by Crippen LogP contribution is 2.30. The maximum atomic E-state index is 6.42. The summed E-state index contributed by atoms with van der Waals surface area (Å²) in [6, 6.07) is 16.1. The summed E-state index contributed by atoms with van der Waals surface area (Å²) in [4.78, 5) is 0. The zero-order valence-electron chi connectivity index (χ0n) is 8.33. The molecule has 2 rings (SSSR count). The highest BCUT2D eigenvalue weighted by atomic mass is 79.9. The summed E-state index contributed by atoms with van der Waals surface area (Å²) in [7, 11) is 0. The summed E-state index contributed by atoms with van der Waals surface area (Å²) < 4.78 is 2.11. The molecular weight excluding hydrogens is 351 g/mol. The van der Waals surface area contributed by atoms with Crippen LogP contribution in [0.2, 0.25) is 0 Å². The Hall–Kier alpha value is -0.310. The van der Waals surface area contributed by atoms with E-state index >= 15 is 0 Å². The van der Waals surface area contributed by atoms with E-state index in [2.05, 4.69) is 31.9 Å². The van der Waals surface area contributed by atoms with Crippen molar-refractivity contribution in [3.05, 3.63) is 68.6 Å². The zero-order valence-corrected chi connectivity index (χ0v) is 12.3. The molecule has 0 bridgehead atoms. The van der Waals surface area contributed by atoms with E-state index in [-0.39, 0.29) is 5.38 Å². The van der Waals surface area contributed by atoms with Gasteiger partial charge in [0.05, 0.1) is 5.38 Å². The predicted molar refractivity (Wildman–Crippen MR) is 76.0 cm³/mol. The highest BCUT2D eigenvalue weighted by Gasteiger charge is 2.10. The monoisotopic (exact) mass is 358 g/mol. The summed E-state index contributed by atoms with van der Waals surface area (Å²) in [5.74, 6) is 0. The molecule has 0 N–H and O–H groups in total. The third kappa shape index (κ3) is 2.88. The van der Waals surface area contributed by atoms with Crippen LogP contribution >= 0.6 is 43.5 Å². The van der Waals surface area contributed by atoms with E-state index in [1.165, 1.54) is 0 Å². The lowest BCUT2D eigenvalue weighted by molar-refractivity contribution is 1.14. The summed E-state index contributed by atoms with van der Waals surface area (Å²) in [5, 5.41) is -0.106. The topological polar surface area (TPSA) is 0 Å². The van der Waals surface area contributed by atoms with E-state index in [4.69, 9.17) is 11.6 Å². The van der Waals surface area contributed by atoms with Crippen LogP contribution in [0.3, 0.4) is 0 Å². The van der Waals surface area contributed by atoms with Crippen LogP contribution in [0, 0.1) is 0 Å². The second-order valence-electron chi connectivity index (χ2n) is 3.47. The summed E-state index contributed by atoms with van der Waals surface area (Å²) in [6.07, 6.45) is 0. The molecule has 0 spiro atoms. The quantitative estimate of drug-likeness (QED) is 0.617. The lowest BCUT2D eigenvalue weighted by Gasteiger charge is -2.10. The fourth-order valence-electron chi connectivity index (χ4n) is 1.49. The molecule has 0 heterocycles. The molecule has 0 saturated heterocycles. The second-order valence-corrected chi connectivity index (χ2v) is 5.74. The Labute approximate surface area is 117 Å². The van der Waals surface area contributed by atoms with Gasteiger partial charge in [0.2, 0.25) is 0 Å². The molecule has 0 saturated carbocycles. The van der Waals surface area contributed by atoms with Gasteiger partial charge in [-0.3, -0.25) is 0 Å². The molecule has 2 aromatic carbocycles. The van der Waals surface area contributed by atoms with E-state index in [1.54, 1.807) is 0 Å². The van der Waals surface area contributed by atoms with Crippen LogP contribution in [0.4, 0.5) is 0 Å². The minimum Gasteiger partial charge on any atom is -0.113 e. The van der Waals surface area contributed by atoms with Crippen LogP contribution < -0.4 is 0 Å². The number of hydrogen-bond acceptors (Lipinski definition) is 0. The zero-order chi connectivity index (χ0) is 11.5. The van der Waals surface area contributed by atoms with Gasteiger partial charge >= 0.3 is 0 Å². The van der Waals surface area contributed by atoms with E-state index < -0.39 is 0 Å². The summed E-state index contributed by atoms with van der Waals surface area (Å²) in [6.45, 7) is 0. The van der Waals surface area contributed by atoms with Gasteiger partial charge in [0.25, 0.3) is 0 Å². The van der Waals surface area contributed by atoms with Gasteiger partial charge in [-0.2, -0.15) is 0 Å². The number of alkyl halides is 1. The van der Waals surface area contributed by atoms with Crippen LogP contribution in [0.15, 0.2) is 57.5 Å². The molecule has 3 heteroatoms. The molecule has 16 heavy (non-hydrogen) atoms. The van der Waals surface area contributed by atoms with E-state index in [0.717, 1.165) is 20.1 Å². The van der Waals surface area contributed by atoms with Gasteiger partial charge in [-0.05, 0) is 35.4 Å². The molecule has 0 fully saturated rings. The normalized spacial score (nSPS) is 12.4. The maximum absolute atomic E-state index is 6.42. The summed E-state index contributed by atoms with van der Waals surface area (Å²) >= 11 is 13.3. The number of benzene rings is 2. The molecule has 0 aliphatic carbocycles. The largest absolute Gasteiger partial charge is 0.113 e. The van der Waals surface area contributed by atoms with Crippen LogP contribution in [0.25, 0.3) is 0 Å². The fourth-order valence-corrected chi connectivity index (χ4v) is 2.45. The molecule has 0 aliphatic heterocycles. The van der Waals surface area contributed by atoms with Gasteiger partial charge in [0, 0.05) is 8.95 Å². The van der Waals surface area contributed by atoms with Crippen LogP contribution in [-0.4, -0.2) is 0 Å². The minimum atomic E-state index is -0.106. The van der Waals surface area contributed by atoms with Crippen LogP contribution in [0.5, 0.6) is 0 Å². The summed E-state index contributed by atoms with van der Waals surface area (Å²) in [5.41, 5.74) is 2.20. The second kappa shape index (κ2) is 5.35. The highest BCUT2D eigenvalue weighted by molar-refractivity contribution is 9.10. The van der Waals surface area contributed by atoms with Crippen molar-refractivity contribution in [3.63, 3.8) is 0 Å². The average Bonchev–Trinajstić information content (AvgIpc) is 2.29. The third-order valence-corrected chi connectivity index (χ3v) is 3.83. The van der Waals surface area contributed by atoms with Crippen molar-refractivity contribution in [2.75, 3.05) is 0 Å². The number of hydrogen-bond donors (Lipinski definition) is 0. The molecule has 2 aromatic rings. The standard InChI is InChI=1S/C13H9Br2Cl/c14-11-6-4-9(5-7-11)13(16)10-2-1-3-12(15)8-10/h1-8,13H. The van der Waals surface area contributed by atoms with E-state index in [1.807, 2.05) is 48.5 Å². The molecule has 82 valence electrons. The van der Waals surface area contributed by atoms with Crippen molar-refractivity contribution in [3.8, 4) is 0 Å². The van der Waals surface area contributed by atoms with Crippen molar-refractivity contribution < 1.29 is 0 Å². The van der Waals surface area contributed by atoms with Crippen molar-refractivity contribution in [1.82, 2.24) is 0 Å². The Morgan fingerprint density at radius 1 is 0.812 bits per heavy atom. The first-order chi connectivity index (χ1) is 7.66. The molecule has 0 aliphatic rings. The van der Waals surface area contributed by atoms with Crippen LogP contribution in [0.1, 0.15) is 16.5 Å². The van der Waals surface area contributed by atoms with Gasteiger partial charge in [-0.25, -0.2) is 0 Å². The van der Waals surface area contributed by atoms with Crippen molar-refractivity contribution >= 4 is 43.5 Å². The van der Waals surface area contributed by atoms with Gasteiger partial charge < -0.3 is 0 Å². The smallest absolute Gasteiger partial charge is 0.0835 e. The molecule has 0 aromatic heterocycles. The first-order valence-electron chi connectivity index (χ1n) is 4.82. The van der Waals surface area contributed by atoms with Gasteiger partial charge in [0.15, 0.2) is 0 Å². The number of halogens is 3. The molecular formula is C13H9Br2Cl. The van der Waals surface area contributed by atoms with Crippen LogP contribution in [-0.2, 0) is 0 Å². The Bertz CT molecular complexity index is 480. The van der Waals surface area contributed by atoms with E-state index in [0.29, 0.717) is 0 Å². The molecule has 1 unspecified atom stereocenters. The SMILES string of the molecule is ClC(c1ccc(Br)cc1)c1cccc(Br)c1. The van der Waals surface area contributed by atoms with Crippen molar-refractivity contribution in [1.29, 1.82) is 0 Å². The lowest BCUT2D eigenvalue weighted by atomic mass is 10.0. The Morgan fingerprint density at radius 2 is 1.50 bits per heavy atom. The molecule has 0 radical (unpaired) electrons. The van der Waals surface area contributed by atoms with Crippen molar-refractivity contribution in [2.45, 2.75) is 5.38 Å².